The first-order valence-corrected chi connectivity index (χ1v) is 11.3. The van der Waals surface area contributed by atoms with Crippen LogP contribution in [0.3, 0.4) is 0 Å². The quantitative estimate of drug-likeness (QED) is 0.594. The van der Waals surface area contributed by atoms with Crippen LogP contribution in [0.5, 0.6) is 5.75 Å². The fourth-order valence-corrected chi connectivity index (χ4v) is 5.03. The molecule has 3 aromatic rings. The van der Waals surface area contributed by atoms with Crippen LogP contribution in [0.2, 0.25) is 0 Å². The Kier molecular flexibility index (Phi) is 5.86. The standard InChI is InChI=1S/C20H21F2N5O3S/c1-12-17(30-16-5-3-2-4-14(16)13-9-25-26-10-13)8-15(21)20(19(12)22)31(28,29)27-18-6-7-23-11-24-18/h6-11,14,16H,2-5H2,1H3,(H,25,26)(H,23,24,27)/t14-,16+/m1/s1. The molecule has 1 fully saturated rings. The first-order valence-electron chi connectivity index (χ1n) is 9.79. The predicted molar refractivity (Wildman–Crippen MR) is 108 cm³/mol. The van der Waals surface area contributed by atoms with Gasteiger partial charge in [0.1, 0.15) is 29.8 Å². The maximum Gasteiger partial charge on any atom is 0.268 e. The second-order valence-corrected chi connectivity index (χ2v) is 9.02. The van der Waals surface area contributed by atoms with Gasteiger partial charge in [0.15, 0.2) is 10.7 Å². The molecule has 1 aliphatic rings. The van der Waals surface area contributed by atoms with Crippen molar-refractivity contribution < 1.29 is 21.9 Å². The molecule has 2 atom stereocenters. The molecule has 4 rings (SSSR count). The zero-order chi connectivity index (χ0) is 22.0. The van der Waals surface area contributed by atoms with E-state index in [0.717, 1.165) is 37.2 Å². The second-order valence-electron chi connectivity index (χ2n) is 7.40. The van der Waals surface area contributed by atoms with Crippen LogP contribution in [0.25, 0.3) is 0 Å². The van der Waals surface area contributed by atoms with E-state index < -0.39 is 26.6 Å². The van der Waals surface area contributed by atoms with Crippen molar-refractivity contribution in [1.29, 1.82) is 0 Å². The van der Waals surface area contributed by atoms with Gasteiger partial charge in [-0.05, 0) is 37.8 Å². The second kappa shape index (κ2) is 8.58. The maximum absolute atomic E-state index is 15.1. The minimum Gasteiger partial charge on any atom is -0.489 e. The Morgan fingerprint density at radius 2 is 2.06 bits per heavy atom. The number of rotatable bonds is 6. The van der Waals surface area contributed by atoms with Crippen molar-refractivity contribution >= 4 is 15.8 Å². The van der Waals surface area contributed by atoms with Gasteiger partial charge in [0.25, 0.3) is 10.0 Å². The summed E-state index contributed by atoms with van der Waals surface area (Å²) in [5.41, 5.74) is 0.887. The molecule has 2 aromatic heterocycles. The van der Waals surface area contributed by atoms with Gasteiger partial charge in [-0.25, -0.2) is 27.2 Å². The number of halogens is 2. The lowest BCUT2D eigenvalue weighted by molar-refractivity contribution is 0.128. The number of ether oxygens (including phenoxy) is 1. The molecule has 2 N–H and O–H groups in total. The van der Waals surface area contributed by atoms with Crippen molar-refractivity contribution in [2.45, 2.75) is 49.5 Å². The molecule has 31 heavy (non-hydrogen) atoms. The molecule has 2 heterocycles. The predicted octanol–water partition coefficient (Wildman–Crippen LogP) is 3.69. The van der Waals surface area contributed by atoms with Gasteiger partial charge in [0.05, 0.1) is 6.20 Å². The summed E-state index contributed by atoms with van der Waals surface area (Å²) < 4.78 is 63.2. The van der Waals surface area contributed by atoms with E-state index >= 15 is 4.39 Å². The highest BCUT2D eigenvalue weighted by Crippen LogP contribution is 2.38. The van der Waals surface area contributed by atoms with Gasteiger partial charge < -0.3 is 4.74 Å². The number of aromatic nitrogens is 4. The van der Waals surface area contributed by atoms with Gasteiger partial charge in [-0.2, -0.15) is 5.10 Å². The van der Waals surface area contributed by atoms with E-state index in [1.54, 1.807) is 12.4 Å². The van der Waals surface area contributed by atoms with E-state index in [1.165, 1.54) is 19.2 Å². The van der Waals surface area contributed by atoms with Gasteiger partial charge in [-0.15, -0.1) is 0 Å². The Balaban J connectivity index is 1.64. The number of benzene rings is 1. The third-order valence-electron chi connectivity index (χ3n) is 5.39. The van der Waals surface area contributed by atoms with Crippen LogP contribution < -0.4 is 9.46 Å². The first-order chi connectivity index (χ1) is 14.9. The number of nitrogens with one attached hydrogen (secondary N) is 2. The molecule has 8 nitrogen and oxygen atoms in total. The minimum absolute atomic E-state index is 0.0172. The lowest BCUT2D eigenvalue weighted by Gasteiger charge is -2.32. The van der Waals surface area contributed by atoms with Gasteiger partial charge in [0.2, 0.25) is 0 Å². The highest BCUT2D eigenvalue weighted by molar-refractivity contribution is 7.92. The Labute approximate surface area is 178 Å². The molecule has 0 aliphatic heterocycles. The number of hydrogen-bond acceptors (Lipinski definition) is 6. The van der Waals surface area contributed by atoms with Crippen molar-refractivity contribution in [2.24, 2.45) is 0 Å². The van der Waals surface area contributed by atoms with E-state index in [0.29, 0.717) is 6.42 Å². The summed E-state index contributed by atoms with van der Waals surface area (Å²) in [5.74, 6) is -2.53. The molecule has 0 saturated heterocycles. The maximum atomic E-state index is 15.1. The highest BCUT2D eigenvalue weighted by atomic mass is 32.2. The van der Waals surface area contributed by atoms with Crippen molar-refractivity contribution in [3.8, 4) is 5.75 Å². The monoisotopic (exact) mass is 449 g/mol. The fourth-order valence-electron chi connectivity index (χ4n) is 3.83. The summed E-state index contributed by atoms with van der Waals surface area (Å²) >= 11 is 0. The van der Waals surface area contributed by atoms with Gasteiger partial charge >= 0.3 is 0 Å². The number of nitrogens with zero attached hydrogens (tertiary/aromatic N) is 3. The highest BCUT2D eigenvalue weighted by Gasteiger charge is 2.32. The number of H-pyrrole nitrogens is 1. The lowest BCUT2D eigenvalue weighted by Crippen LogP contribution is -2.29. The zero-order valence-corrected chi connectivity index (χ0v) is 17.5. The van der Waals surface area contributed by atoms with Gasteiger partial charge in [-0.1, -0.05) is 6.42 Å². The zero-order valence-electron chi connectivity index (χ0n) is 16.7. The minimum atomic E-state index is -4.55. The number of anilines is 1. The molecule has 0 unspecified atom stereocenters. The Morgan fingerprint density at radius 1 is 1.26 bits per heavy atom. The fraction of sp³-hybridized carbons (Fsp3) is 0.350. The smallest absolute Gasteiger partial charge is 0.268 e. The average molecular weight is 449 g/mol. The third-order valence-corrected chi connectivity index (χ3v) is 6.78. The number of sulfonamides is 1. The van der Waals surface area contributed by atoms with Gasteiger partial charge in [0, 0.05) is 29.9 Å². The van der Waals surface area contributed by atoms with Crippen molar-refractivity contribution in [2.75, 3.05) is 4.72 Å². The third kappa shape index (κ3) is 4.36. The van der Waals surface area contributed by atoms with Crippen LogP contribution in [0, 0.1) is 18.6 Å². The summed E-state index contributed by atoms with van der Waals surface area (Å²) in [6.07, 6.45) is 9.15. The van der Waals surface area contributed by atoms with Gasteiger partial charge in [-0.3, -0.25) is 9.82 Å². The first kappa shape index (κ1) is 21.2. The van der Waals surface area contributed by atoms with Crippen molar-refractivity contribution in [3.05, 3.63) is 59.8 Å². The van der Waals surface area contributed by atoms with Crippen LogP contribution in [-0.2, 0) is 10.0 Å². The summed E-state index contributed by atoms with van der Waals surface area (Å²) in [6.45, 7) is 1.36. The molecular formula is C20H21F2N5O3S. The number of hydrogen-bond donors (Lipinski definition) is 2. The topological polar surface area (TPSA) is 110 Å². The largest absolute Gasteiger partial charge is 0.489 e. The Morgan fingerprint density at radius 3 is 2.77 bits per heavy atom. The lowest BCUT2D eigenvalue weighted by atomic mass is 9.83. The molecule has 1 saturated carbocycles. The van der Waals surface area contributed by atoms with Crippen LogP contribution in [0.15, 0.2) is 41.9 Å². The summed E-state index contributed by atoms with van der Waals surface area (Å²) in [7, 11) is -4.55. The summed E-state index contributed by atoms with van der Waals surface area (Å²) in [6, 6.07) is 2.20. The molecular weight excluding hydrogens is 428 g/mol. The number of aromatic amines is 1. The van der Waals surface area contributed by atoms with E-state index in [2.05, 4.69) is 24.9 Å². The molecule has 1 aliphatic carbocycles. The summed E-state index contributed by atoms with van der Waals surface area (Å²) in [5, 5.41) is 6.75. The van der Waals surface area contributed by atoms with Crippen LogP contribution >= 0.6 is 0 Å². The molecule has 0 amide bonds. The Bertz CT molecular complexity index is 1160. The van der Waals surface area contributed by atoms with E-state index in [1.807, 2.05) is 0 Å². The molecule has 0 spiro atoms. The molecule has 1 aromatic carbocycles. The Hall–Kier alpha value is -3.08. The molecule has 164 valence electrons. The van der Waals surface area contributed by atoms with E-state index in [4.69, 9.17) is 4.74 Å². The average Bonchev–Trinajstić information content (AvgIpc) is 3.27. The van der Waals surface area contributed by atoms with Crippen molar-refractivity contribution in [3.63, 3.8) is 0 Å². The van der Waals surface area contributed by atoms with E-state index in [-0.39, 0.29) is 29.2 Å². The van der Waals surface area contributed by atoms with Crippen LogP contribution in [0.4, 0.5) is 14.6 Å². The molecule has 11 heteroatoms. The molecule has 0 radical (unpaired) electrons. The van der Waals surface area contributed by atoms with E-state index in [9.17, 15) is 12.8 Å². The normalized spacial score (nSPS) is 19.2. The van der Waals surface area contributed by atoms with Crippen molar-refractivity contribution in [1.82, 2.24) is 20.2 Å². The molecule has 0 bridgehead atoms. The van der Waals surface area contributed by atoms with Crippen LogP contribution in [0.1, 0.15) is 42.7 Å². The summed E-state index contributed by atoms with van der Waals surface area (Å²) in [4.78, 5) is 6.31. The SMILES string of the molecule is Cc1c(O[C@H]2CCCC[C@@H]2c2cn[nH]c2)cc(F)c(S(=O)(=O)Nc2ccncn2)c1F. The van der Waals surface area contributed by atoms with Crippen LogP contribution in [-0.4, -0.2) is 34.7 Å².